The minimum Gasteiger partial charge on any atom is -0.377 e. The molecule has 0 aliphatic carbocycles. The Morgan fingerprint density at radius 2 is 2.25 bits per heavy atom. The zero-order valence-electron chi connectivity index (χ0n) is 9.08. The van der Waals surface area contributed by atoms with E-state index < -0.39 is 0 Å². The third kappa shape index (κ3) is 2.82. The Morgan fingerprint density at radius 3 is 2.94 bits per heavy atom. The number of ether oxygens (including phenoxy) is 1. The van der Waals surface area contributed by atoms with Gasteiger partial charge in [0.25, 0.3) is 0 Å². The molecule has 1 aromatic carbocycles. The van der Waals surface area contributed by atoms with Crippen LogP contribution in [0, 0.1) is 0 Å². The molecule has 0 saturated carbocycles. The highest BCUT2D eigenvalue weighted by molar-refractivity contribution is 7.80. The molecule has 1 aliphatic rings. The molecule has 0 unspecified atom stereocenters. The van der Waals surface area contributed by atoms with Crippen LogP contribution in [-0.4, -0.2) is 19.0 Å². The summed E-state index contributed by atoms with van der Waals surface area (Å²) >= 11 is 10.3. The Morgan fingerprint density at radius 1 is 1.38 bits per heavy atom. The van der Waals surface area contributed by atoms with Crippen molar-refractivity contribution in [3.05, 3.63) is 40.4 Å². The van der Waals surface area contributed by atoms with Gasteiger partial charge in [0.15, 0.2) is 0 Å². The molecule has 0 spiro atoms. The van der Waals surface area contributed by atoms with Crippen molar-refractivity contribution in [2.45, 2.75) is 12.8 Å². The molecule has 0 bridgehead atoms. The number of halogens is 1. The van der Waals surface area contributed by atoms with Crippen LogP contribution in [-0.2, 0) is 11.2 Å². The second-order valence-corrected chi connectivity index (χ2v) is 4.71. The fraction of sp³-hybridized carbons (Fsp3) is 0.385. The van der Waals surface area contributed by atoms with Gasteiger partial charge < -0.3 is 4.74 Å². The number of aryl methyl sites for hydroxylation is 1. The van der Waals surface area contributed by atoms with Crippen molar-refractivity contribution in [1.82, 2.24) is 0 Å². The molecule has 86 valence electrons. The Kier molecular flexibility index (Phi) is 4.33. The van der Waals surface area contributed by atoms with Gasteiger partial charge in [0.2, 0.25) is 0 Å². The molecule has 0 atom stereocenters. The third-order valence-corrected chi connectivity index (χ3v) is 3.22. The van der Waals surface area contributed by atoms with Crippen LogP contribution in [0.3, 0.4) is 0 Å². The predicted octanol–water partition coefficient (Wildman–Crippen LogP) is 3.62. The lowest BCUT2D eigenvalue weighted by atomic mass is 9.95. The molecule has 0 amide bonds. The molecular formula is C13H15ClOS. The molecule has 1 aromatic rings. The molecule has 0 fully saturated rings. The van der Waals surface area contributed by atoms with E-state index in [1.807, 2.05) is 12.1 Å². The normalized spacial score (nSPS) is 16.0. The zero-order valence-corrected chi connectivity index (χ0v) is 10.7. The number of hydrogen-bond donors (Lipinski definition) is 1. The predicted molar refractivity (Wildman–Crippen MR) is 72.4 cm³/mol. The highest BCUT2D eigenvalue weighted by Crippen LogP contribution is 2.27. The van der Waals surface area contributed by atoms with Crippen LogP contribution in [0.25, 0.3) is 5.57 Å². The number of hydrogen-bond acceptors (Lipinski definition) is 2. The molecule has 0 radical (unpaired) electrons. The van der Waals surface area contributed by atoms with Gasteiger partial charge in [-0.25, -0.2) is 0 Å². The van der Waals surface area contributed by atoms with Gasteiger partial charge in [-0.1, -0.05) is 23.7 Å². The minimum atomic E-state index is 0.721. The number of thiol groups is 1. The lowest BCUT2D eigenvalue weighted by Crippen LogP contribution is -2.05. The first-order valence-electron chi connectivity index (χ1n) is 5.47. The first kappa shape index (κ1) is 12.0. The van der Waals surface area contributed by atoms with Gasteiger partial charge in [-0.3, -0.25) is 0 Å². The fourth-order valence-corrected chi connectivity index (χ4v) is 2.41. The van der Waals surface area contributed by atoms with Crippen molar-refractivity contribution in [2.75, 3.05) is 19.0 Å². The lowest BCUT2D eigenvalue weighted by molar-refractivity contribution is 0.161. The van der Waals surface area contributed by atoms with Crippen molar-refractivity contribution in [3.8, 4) is 0 Å². The highest BCUT2D eigenvalue weighted by atomic mass is 35.5. The summed E-state index contributed by atoms with van der Waals surface area (Å²) in [7, 11) is 0. The molecule has 0 N–H and O–H groups in total. The van der Waals surface area contributed by atoms with E-state index in [0.29, 0.717) is 0 Å². The summed E-state index contributed by atoms with van der Waals surface area (Å²) in [6.45, 7) is 1.53. The van der Waals surface area contributed by atoms with Crippen molar-refractivity contribution >= 4 is 29.8 Å². The van der Waals surface area contributed by atoms with Gasteiger partial charge >= 0.3 is 0 Å². The van der Waals surface area contributed by atoms with Gasteiger partial charge in [-0.05, 0) is 47.4 Å². The summed E-state index contributed by atoms with van der Waals surface area (Å²) in [6, 6.07) is 6.11. The smallest absolute Gasteiger partial charge is 0.0653 e. The largest absolute Gasteiger partial charge is 0.377 e. The van der Waals surface area contributed by atoms with Crippen LogP contribution in [0.1, 0.15) is 17.5 Å². The summed E-state index contributed by atoms with van der Waals surface area (Å²) in [5.74, 6) is 0.844. The second-order valence-electron chi connectivity index (χ2n) is 3.83. The van der Waals surface area contributed by atoms with Gasteiger partial charge in [-0.2, -0.15) is 12.6 Å². The maximum Gasteiger partial charge on any atom is 0.0653 e. The van der Waals surface area contributed by atoms with E-state index in [1.54, 1.807) is 0 Å². The number of benzene rings is 1. The van der Waals surface area contributed by atoms with Crippen LogP contribution >= 0.6 is 24.2 Å². The van der Waals surface area contributed by atoms with Crippen molar-refractivity contribution in [1.29, 1.82) is 0 Å². The van der Waals surface area contributed by atoms with E-state index in [0.717, 1.165) is 36.8 Å². The molecule has 1 aliphatic heterocycles. The van der Waals surface area contributed by atoms with Gasteiger partial charge in [0.1, 0.15) is 0 Å². The second kappa shape index (κ2) is 5.76. The van der Waals surface area contributed by atoms with E-state index in [2.05, 4.69) is 24.8 Å². The minimum absolute atomic E-state index is 0.721. The van der Waals surface area contributed by atoms with E-state index in [4.69, 9.17) is 16.3 Å². The Hall–Kier alpha value is -0.440. The lowest BCUT2D eigenvalue weighted by Gasteiger charge is -2.17. The molecule has 16 heavy (non-hydrogen) atoms. The standard InChI is InChI=1S/C13H15ClOS/c14-12-1-2-13(11(9-12)5-8-16)10-3-6-15-7-4-10/h1-3,9,16H,4-8H2. The Labute approximate surface area is 107 Å². The molecule has 3 heteroatoms. The Balaban J connectivity index is 2.34. The summed E-state index contributed by atoms with van der Waals surface area (Å²) in [5.41, 5.74) is 3.97. The van der Waals surface area contributed by atoms with Crippen LogP contribution in [0.5, 0.6) is 0 Å². The molecule has 0 saturated heterocycles. The van der Waals surface area contributed by atoms with Crippen LogP contribution in [0.2, 0.25) is 5.02 Å². The summed E-state index contributed by atoms with van der Waals surface area (Å²) in [5, 5.41) is 0.799. The van der Waals surface area contributed by atoms with Gasteiger partial charge in [0, 0.05) is 5.02 Å². The van der Waals surface area contributed by atoms with Gasteiger partial charge in [0.05, 0.1) is 13.2 Å². The average Bonchev–Trinajstić information content (AvgIpc) is 2.31. The maximum atomic E-state index is 6.02. The molecule has 1 heterocycles. The number of rotatable bonds is 3. The maximum absolute atomic E-state index is 6.02. The summed E-state index contributed by atoms with van der Waals surface area (Å²) in [6.07, 6.45) is 4.10. The van der Waals surface area contributed by atoms with Crippen molar-refractivity contribution in [2.24, 2.45) is 0 Å². The third-order valence-electron chi connectivity index (χ3n) is 2.76. The summed E-state index contributed by atoms with van der Waals surface area (Å²) < 4.78 is 5.33. The van der Waals surface area contributed by atoms with Gasteiger partial charge in [-0.15, -0.1) is 0 Å². The van der Waals surface area contributed by atoms with Crippen LogP contribution in [0.4, 0.5) is 0 Å². The fourth-order valence-electron chi connectivity index (χ4n) is 1.97. The molecule has 1 nitrogen and oxygen atoms in total. The zero-order chi connectivity index (χ0) is 11.4. The van der Waals surface area contributed by atoms with Crippen LogP contribution < -0.4 is 0 Å². The van der Waals surface area contributed by atoms with E-state index >= 15 is 0 Å². The Bertz CT molecular complexity index is 401. The monoisotopic (exact) mass is 254 g/mol. The molecule has 2 rings (SSSR count). The summed E-state index contributed by atoms with van der Waals surface area (Å²) in [4.78, 5) is 0. The van der Waals surface area contributed by atoms with Crippen LogP contribution in [0.15, 0.2) is 24.3 Å². The van der Waals surface area contributed by atoms with Crippen molar-refractivity contribution < 1.29 is 4.74 Å². The molecule has 0 aromatic heterocycles. The highest BCUT2D eigenvalue weighted by Gasteiger charge is 2.10. The first-order valence-corrected chi connectivity index (χ1v) is 6.49. The quantitative estimate of drug-likeness (QED) is 0.811. The first-order chi connectivity index (χ1) is 7.81. The van der Waals surface area contributed by atoms with E-state index in [-0.39, 0.29) is 0 Å². The van der Waals surface area contributed by atoms with E-state index in [1.165, 1.54) is 16.7 Å². The SMILES string of the molecule is SCCc1cc(Cl)ccc1C1=CCOCC1. The molecular weight excluding hydrogens is 240 g/mol. The van der Waals surface area contributed by atoms with Crippen molar-refractivity contribution in [3.63, 3.8) is 0 Å². The van der Waals surface area contributed by atoms with E-state index in [9.17, 15) is 0 Å². The average molecular weight is 255 g/mol. The topological polar surface area (TPSA) is 9.23 Å².